The summed E-state index contributed by atoms with van der Waals surface area (Å²) in [6.07, 6.45) is 2.18. The van der Waals surface area contributed by atoms with Crippen molar-refractivity contribution in [3.63, 3.8) is 0 Å². The van der Waals surface area contributed by atoms with Gasteiger partial charge in [-0.25, -0.2) is 0 Å². The molecule has 0 spiro atoms. The third-order valence-electron chi connectivity index (χ3n) is 4.94. The first-order valence-electron chi connectivity index (χ1n) is 9.01. The van der Waals surface area contributed by atoms with Gasteiger partial charge in [0, 0.05) is 0 Å². The van der Waals surface area contributed by atoms with Crippen LogP contribution in [0.1, 0.15) is 33.3 Å². The molecule has 0 heterocycles. The third kappa shape index (κ3) is 4.16. The van der Waals surface area contributed by atoms with Gasteiger partial charge < -0.3 is 9.47 Å². The smallest absolute Gasteiger partial charge is 0.310 e. The van der Waals surface area contributed by atoms with Crippen LogP contribution >= 0.6 is 0 Å². The molecule has 136 valence electrons. The molecule has 3 heteroatoms. The minimum atomic E-state index is -0.119. The van der Waals surface area contributed by atoms with E-state index in [2.05, 4.69) is 33.8 Å². The molecule has 0 N–H and O–H groups in total. The summed E-state index contributed by atoms with van der Waals surface area (Å²) < 4.78 is 11.4. The Morgan fingerprint density at radius 2 is 1.73 bits per heavy atom. The summed E-state index contributed by atoms with van der Waals surface area (Å²) in [7, 11) is 0. The van der Waals surface area contributed by atoms with Crippen LogP contribution in [0.3, 0.4) is 0 Å². The Bertz CT molecular complexity index is 801. The van der Waals surface area contributed by atoms with Crippen LogP contribution in [-0.4, -0.2) is 5.97 Å². The minimum Gasteiger partial charge on any atom is -0.461 e. The molecule has 0 bridgehead atoms. The summed E-state index contributed by atoms with van der Waals surface area (Å²) in [6.45, 7) is 8.64. The lowest BCUT2D eigenvalue weighted by atomic mass is 10.1. The Morgan fingerprint density at radius 3 is 2.42 bits per heavy atom. The van der Waals surface area contributed by atoms with E-state index in [1.54, 1.807) is 0 Å². The third-order valence-corrected chi connectivity index (χ3v) is 4.94. The second-order valence-electron chi connectivity index (χ2n) is 7.74. The standard InChI is InChI=1S/C23H26O3/c1-16(2)13-20-21(23(20,3)4)22(24)25-15-17-9-8-12-19(14-17)26-18-10-6-5-7-11-18/h5-14,20-21H,15H2,1-4H3/t20?,21-/m0/s1. The number of hydrogen-bond acceptors (Lipinski definition) is 3. The average Bonchev–Trinajstić information content (AvgIpc) is 3.13. The molecule has 3 nitrogen and oxygen atoms in total. The molecule has 1 fully saturated rings. The summed E-state index contributed by atoms with van der Waals surface area (Å²) in [5.41, 5.74) is 2.14. The topological polar surface area (TPSA) is 35.5 Å². The van der Waals surface area contributed by atoms with Gasteiger partial charge in [0.05, 0.1) is 5.92 Å². The second kappa shape index (κ2) is 7.36. The molecular weight excluding hydrogens is 324 g/mol. The molecule has 3 rings (SSSR count). The maximum Gasteiger partial charge on any atom is 0.310 e. The second-order valence-corrected chi connectivity index (χ2v) is 7.74. The molecule has 1 saturated carbocycles. The molecule has 0 radical (unpaired) electrons. The quantitative estimate of drug-likeness (QED) is 0.491. The summed E-state index contributed by atoms with van der Waals surface area (Å²) >= 11 is 0. The minimum absolute atomic E-state index is 0.0212. The normalized spacial score (nSPS) is 20.2. The van der Waals surface area contributed by atoms with Gasteiger partial charge in [0.2, 0.25) is 0 Å². The highest BCUT2D eigenvalue weighted by molar-refractivity contribution is 5.78. The van der Waals surface area contributed by atoms with Crippen molar-refractivity contribution < 1.29 is 14.3 Å². The molecule has 1 aliphatic rings. The Kier molecular flexibility index (Phi) is 5.17. The number of hydrogen-bond donors (Lipinski definition) is 0. The largest absolute Gasteiger partial charge is 0.461 e. The average molecular weight is 350 g/mol. The summed E-state index contributed by atoms with van der Waals surface area (Å²) in [5.74, 6) is 1.62. The van der Waals surface area contributed by atoms with E-state index in [0.717, 1.165) is 17.1 Å². The van der Waals surface area contributed by atoms with Crippen molar-refractivity contribution in [3.05, 3.63) is 71.8 Å². The molecule has 0 saturated heterocycles. The molecule has 2 aromatic carbocycles. The van der Waals surface area contributed by atoms with Gasteiger partial charge in [0.25, 0.3) is 0 Å². The van der Waals surface area contributed by atoms with Crippen LogP contribution < -0.4 is 4.74 Å². The van der Waals surface area contributed by atoms with Gasteiger partial charge in [-0.15, -0.1) is 0 Å². The lowest BCUT2D eigenvalue weighted by Crippen LogP contribution is -2.10. The summed E-state index contributed by atoms with van der Waals surface area (Å²) in [4.78, 5) is 12.5. The molecule has 1 aliphatic carbocycles. The van der Waals surface area contributed by atoms with Crippen LogP contribution in [0.15, 0.2) is 66.2 Å². The molecular formula is C23H26O3. The number of carbonyl (C=O) groups is 1. The molecule has 0 aliphatic heterocycles. The van der Waals surface area contributed by atoms with E-state index >= 15 is 0 Å². The number of rotatable bonds is 6. The van der Waals surface area contributed by atoms with Crippen LogP contribution in [0.5, 0.6) is 11.5 Å². The van der Waals surface area contributed by atoms with E-state index in [0.29, 0.717) is 0 Å². The fraction of sp³-hybridized carbons (Fsp3) is 0.348. The molecule has 26 heavy (non-hydrogen) atoms. The predicted molar refractivity (Wildman–Crippen MR) is 103 cm³/mol. The van der Waals surface area contributed by atoms with Gasteiger partial charge >= 0.3 is 5.97 Å². The van der Waals surface area contributed by atoms with E-state index in [1.165, 1.54) is 5.57 Å². The lowest BCUT2D eigenvalue weighted by molar-refractivity contribution is -0.147. The van der Waals surface area contributed by atoms with E-state index in [-0.39, 0.29) is 29.8 Å². The van der Waals surface area contributed by atoms with Crippen molar-refractivity contribution in [2.45, 2.75) is 34.3 Å². The number of carbonyl (C=O) groups excluding carboxylic acids is 1. The van der Waals surface area contributed by atoms with Crippen molar-refractivity contribution in [1.82, 2.24) is 0 Å². The number of para-hydroxylation sites is 1. The summed E-state index contributed by atoms with van der Waals surface area (Å²) in [5, 5.41) is 0. The Hall–Kier alpha value is -2.55. The number of ether oxygens (including phenoxy) is 2. The molecule has 2 atom stereocenters. The van der Waals surface area contributed by atoms with Crippen LogP contribution in [0, 0.1) is 17.3 Å². The molecule has 2 aromatic rings. The number of benzene rings is 2. The maximum atomic E-state index is 12.5. The van der Waals surface area contributed by atoms with Crippen molar-refractivity contribution in [3.8, 4) is 11.5 Å². The van der Waals surface area contributed by atoms with Gasteiger partial charge in [-0.1, -0.05) is 55.8 Å². The van der Waals surface area contributed by atoms with Crippen molar-refractivity contribution in [2.75, 3.05) is 0 Å². The summed E-state index contributed by atoms with van der Waals surface area (Å²) in [6, 6.07) is 17.3. The Morgan fingerprint density at radius 1 is 1.04 bits per heavy atom. The SMILES string of the molecule is CC(C)=CC1[C@@H](C(=O)OCc2cccc(Oc3ccccc3)c2)C1(C)C. The van der Waals surface area contributed by atoms with Crippen molar-refractivity contribution >= 4 is 5.97 Å². The Labute approximate surface area is 155 Å². The van der Waals surface area contributed by atoms with Crippen LogP contribution in [0.2, 0.25) is 0 Å². The van der Waals surface area contributed by atoms with Gasteiger partial charge in [0.1, 0.15) is 18.1 Å². The Balaban J connectivity index is 1.59. The van der Waals surface area contributed by atoms with Gasteiger partial charge in [-0.05, 0) is 55.0 Å². The van der Waals surface area contributed by atoms with E-state index in [4.69, 9.17) is 9.47 Å². The zero-order valence-electron chi connectivity index (χ0n) is 15.9. The number of allylic oxidation sites excluding steroid dienone is 2. The highest BCUT2D eigenvalue weighted by atomic mass is 16.5. The molecule has 1 unspecified atom stereocenters. The predicted octanol–water partition coefficient (Wildman–Crippen LogP) is 5.76. The first-order valence-corrected chi connectivity index (χ1v) is 9.01. The van der Waals surface area contributed by atoms with Gasteiger partial charge in [-0.3, -0.25) is 4.79 Å². The first kappa shape index (κ1) is 18.2. The number of esters is 1. The van der Waals surface area contributed by atoms with E-state index in [9.17, 15) is 4.79 Å². The lowest BCUT2D eigenvalue weighted by Gasteiger charge is -2.09. The van der Waals surface area contributed by atoms with E-state index < -0.39 is 0 Å². The fourth-order valence-corrected chi connectivity index (χ4v) is 3.37. The monoisotopic (exact) mass is 350 g/mol. The first-order chi connectivity index (χ1) is 12.4. The van der Waals surface area contributed by atoms with Gasteiger partial charge in [-0.2, -0.15) is 0 Å². The van der Waals surface area contributed by atoms with Crippen molar-refractivity contribution in [1.29, 1.82) is 0 Å². The molecule has 0 amide bonds. The van der Waals surface area contributed by atoms with Crippen molar-refractivity contribution in [2.24, 2.45) is 17.3 Å². The fourth-order valence-electron chi connectivity index (χ4n) is 3.37. The maximum absolute atomic E-state index is 12.5. The highest BCUT2D eigenvalue weighted by Gasteiger charge is 2.61. The van der Waals surface area contributed by atoms with Crippen LogP contribution in [0.4, 0.5) is 0 Å². The van der Waals surface area contributed by atoms with E-state index in [1.807, 2.05) is 54.6 Å². The van der Waals surface area contributed by atoms with Gasteiger partial charge in [0.15, 0.2) is 0 Å². The zero-order chi connectivity index (χ0) is 18.7. The van der Waals surface area contributed by atoms with Crippen LogP contribution in [0.25, 0.3) is 0 Å². The highest BCUT2D eigenvalue weighted by Crippen LogP contribution is 2.59. The molecule has 0 aromatic heterocycles. The zero-order valence-corrected chi connectivity index (χ0v) is 15.9. The van der Waals surface area contributed by atoms with Crippen LogP contribution in [-0.2, 0) is 16.1 Å².